The zero-order valence-corrected chi connectivity index (χ0v) is 14.6. The van der Waals surface area contributed by atoms with E-state index in [1.165, 1.54) is 77.9 Å². The smallest absolute Gasteiger partial charge is 0.00679 e. The van der Waals surface area contributed by atoms with Crippen LogP contribution in [-0.4, -0.2) is 61.7 Å². The average Bonchev–Trinajstić information content (AvgIpc) is 2.53. The fraction of sp³-hybridized carbons (Fsp3) is 1.00. The Kier molecular flexibility index (Phi) is 7.48. The molecule has 0 radical (unpaired) electrons. The molecule has 1 N–H and O–H groups in total. The first-order chi connectivity index (χ1) is 10.2. The van der Waals surface area contributed by atoms with E-state index in [4.69, 9.17) is 0 Å². The van der Waals surface area contributed by atoms with Gasteiger partial charge in [0.1, 0.15) is 0 Å². The second-order valence-electron chi connectivity index (χ2n) is 7.39. The molecule has 0 aromatic carbocycles. The van der Waals surface area contributed by atoms with Crippen molar-refractivity contribution in [3.05, 3.63) is 0 Å². The molecule has 0 amide bonds. The largest absolute Gasteiger partial charge is 0.314 e. The molecule has 124 valence electrons. The lowest BCUT2D eigenvalue weighted by atomic mass is 9.90. The molecular formula is C18H37N3. The zero-order chi connectivity index (χ0) is 15.1. The SMILES string of the molecule is CCN1CCC(C(C)NCCCN2CCC(C)CC2)CC1. The van der Waals surface area contributed by atoms with E-state index in [0.717, 1.165) is 11.8 Å². The van der Waals surface area contributed by atoms with Gasteiger partial charge in [0.15, 0.2) is 0 Å². The number of nitrogens with zero attached hydrogens (tertiary/aromatic N) is 2. The van der Waals surface area contributed by atoms with Crippen LogP contribution in [0.1, 0.15) is 52.9 Å². The third-order valence-electron chi connectivity index (χ3n) is 5.78. The molecule has 3 nitrogen and oxygen atoms in total. The Morgan fingerprint density at radius 3 is 2.24 bits per heavy atom. The molecule has 0 saturated carbocycles. The van der Waals surface area contributed by atoms with E-state index in [-0.39, 0.29) is 0 Å². The highest BCUT2D eigenvalue weighted by molar-refractivity contribution is 4.79. The van der Waals surface area contributed by atoms with Gasteiger partial charge in [-0.2, -0.15) is 0 Å². The second-order valence-corrected chi connectivity index (χ2v) is 7.39. The molecule has 2 aliphatic heterocycles. The van der Waals surface area contributed by atoms with Crippen LogP contribution in [0.25, 0.3) is 0 Å². The van der Waals surface area contributed by atoms with Crippen molar-refractivity contribution >= 4 is 0 Å². The van der Waals surface area contributed by atoms with E-state index < -0.39 is 0 Å². The highest BCUT2D eigenvalue weighted by Crippen LogP contribution is 2.20. The lowest BCUT2D eigenvalue weighted by molar-refractivity contribution is 0.165. The van der Waals surface area contributed by atoms with Crippen LogP contribution in [0.15, 0.2) is 0 Å². The molecule has 2 saturated heterocycles. The quantitative estimate of drug-likeness (QED) is 0.729. The molecule has 0 aliphatic carbocycles. The van der Waals surface area contributed by atoms with Gasteiger partial charge in [0.2, 0.25) is 0 Å². The molecule has 0 bridgehead atoms. The highest BCUT2D eigenvalue weighted by Gasteiger charge is 2.22. The van der Waals surface area contributed by atoms with E-state index in [2.05, 4.69) is 35.9 Å². The van der Waals surface area contributed by atoms with Crippen LogP contribution >= 0.6 is 0 Å². The second kappa shape index (κ2) is 9.12. The first kappa shape index (κ1) is 17.2. The normalized spacial score (nSPS) is 25.3. The number of piperidine rings is 2. The minimum absolute atomic E-state index is 0.699. The van der Waals surface area contributed by atoms with Crippen molar-refractivity contribution in [2.75, 3.05) is 45.8 Å². The summed E-state index contributed by atoms with van der Waals surface area (Å²) >= 11 is 0. The van der Waals surface area contributed by atoms with Crippen molar-refractivity contribution in [3.8, 4) is 0 Å². The maximum absolute atomic E-state index is 3.79. The monoisotopic (exact) mass is 295 g/mol. The van der Waals surface area contributed by atoms with Crippen molar-refractivity contribution in [3.63, 3.8) is 0 Å². The van der Waals surface area contributed by atoms with Crippen LogP contribution in [0.2, 0.25) is 0 Å². The summed E-state index contributed by atoms with van der Waals surface area (Å²) < 4.78 is 0. The predicted octanol–water partition coefficient (Wildman–Crippen LogP) is 2.82. The topological polar surface area (TPSA) is 18.5 Å². The summed E-state index contributed by atoms with van der Waals surface area (Å²) in [7, 11) is 0. The summed E-state index contributed by atoms with van der Waals surface area (Å²) in [6.07, 6.45) is 6.88. The van der Waals surface area contributed by atoms with E-state index in [1.807, 2.05) is 0 Å². The Bertz CT molecular complexity index is 266. The third-order valence-corrected chi connectivity index (χ3v) is 5.78. The van der Waals surface area contributed by atoms with Gasteiger partial charge in [0.25, 0.3) is 0 Å². The number of likely N-dealkylation sites (tertiary alicyclic amines) is 2. The van der Waals surface area contributed by atoms with E-state index in [9.17, 15) is 0 Å². The first-order valence-electron chi connectivity index (χ1n) is 9.37. The standard InChI is InChI=1S/C18H37N3/c1-4-20-14-8-18(9-15-20)17(3)19-10-5-11-21-12-6-16(2)7-13-21/h16-19H,4-15H2,1-3H3. The molecule has 2 heterocycles. The van der Waals surface area contributed by atoms with Crippen molar-refractivity contribution in [1.29, 1.82) is 0 Å². The summed E-state index contributed by atoms with van der Waals surface area (Å²) in [6, 6.07) is 0.699. The maximum atomic E-state index is 3.79. The minimum Gasteiger partial charge on any atom is -0.314 e. The summed E-state index contributed by atoms with van der Waals surface area (Å²) in [5, 5.41) is 3.79. The number of hydrogen-bond acceptors (Lipinski definition) is 3. The molecular weight excluding hydrogens is 258 g/mol. The van der Waals surface area contributed by atoms with E-state index in [0.29, 0.717) is 6.04 Å². The molecule has 0 aromatic rings. The third kappa shape index (κ3) is 5.88. The molecule has 3 heteroatoms. The van der Waals surface area contributed by atoms with E-state index in [1.54, 1.807) is 0 Å². The molecule has 2 rings (SSSR count). The fourth-order valence-corrected chi connectivity index (χ4v) is 3.85. The number of rotatable bonds is 7. The Morgan fingerprint density at radius 2 is 1.62 bits per heavy atom. The fourth-order valence-electron chi connectivity index (χ4n) is 3.85. The molecule has 2 aliphatic rings. The van der Waals surface area contributed by atoms with Crippen LogP contribution in [0.3, 0.4) is 0 Å². The van der Waals surface area contributed by atoms with Crippen molar-refractivity contribution < 1.29 is 0 Å². The summed E-state index contributed by atoms with van der Waals surface area (Å²) in [4.78, 5) is 5.24. The summed E-state index contributed by atoms with van der Waals surface area (Å²) in [5.41, 5.74) is 0. The van der Waals surface area contributed by atoms with Crippen molar-refractivity contribution in [1.82, 2.24) is 15.1 Å². The number of hydrogen-bond donors (Lipinski definition) is 1. The molecule has 1 unspecified atom stereocenters. The van der Waals surface area contributed by atoms with Crippen LogP contribution in [0, 0.1) is 11.8 Å². The maximum Gasteiger partial charge on any atom is 0.00679 e. The lowest BCUT2D eigenvalue weighted by Gasteiger charge is -2.35. The van der Waals surface area contributed by atoms with E-state index >= 15 is 0 Å². The van der Waals surface area contributed by atoms with Crippen molar-refractivity contribution in [2.45, 2.75) is 58.9 Å². The highest BCUT2D eigenvalue weighted by atomic mass is 15.1. The Morgan fingerprint density at radius 1 is 1.00 bits per heavy atom. The van der Waals surface area contributed by atoms with Crippen LogP contribution in [0.4, 0.5) is 0 Å². The van der Waals surface area contributed by atoms with Crippen LogP contribution in [-0.2, 0) is 0 Å². The molecule has 21 heavy (non-hydrogen) atoms. The molecule has 0 aromatic heterocycles. The molecule has 2 fully saturated rings. The number of nitrogens with one attached hydrogen (secondary N) is 1. The summed E-state index contributed by atoms with van der Waals surface area (Å²) in [5.74, 6) is 1.84. The molecule has 1 atom stereocenters. The van der Waals surface area contributed by atoms with Crippen LogP contribution < -0.4 is 5.32 Å². The Balaban J connectivity index is 1.52. The van der Waals surface area contributed by atoms with Gasteiger partial charge in [-0.05, 0) is 96.7 Å². The van der Waals surface area contributed by atoms with Gasteiger partial charge in [-0.15, -0.1) is 0 Å². The van der Waals surface area contributed by atoms with Gasteiger partial charge in [-0.1, -0.05) is 13.8 Å². The Hall–Kier alpha value is -0.120. The van der Waals surface area contributed by atoms with Gasteiger partial charge < -0.3 is 15.1 Å². The minimum atomic E-state index is 0.699. The van der Waals surface area contributed by atoms with Gasteiger partial charge in [0, 0.05) is 6.04 Å². The Labute approximate surface area is 132 Å². The summed E-state index contributed by atoms with van der Waals surface area (Å²) in [6.45, 7) is 16.0. The first-order valence-corrected chi connectivity index (χ1v) is 9.37. The predicted molar refractivity (Wildman–Crippen MR) is 91.8 cm³/mol. The van der Waals surface area contributed by atoms with Gasteiger partial charge >= 0.3 is 0 Å². The van der Waals surface area contributed by atoms with Crippen LogP contribution in [0.5, 0.6) is 0 Å². The van der Waals surface area contributed by atoms with Gasteiger partial charge in [-0.3, -0.25) is 0 Å². The van der Waals surface area contributed by atoms with Crippen molar-refractivity contribution in [2.24, 2.45) is 11.8 Å². The van der Waals surface area contributed by atoms with Gasteiger partial charge in [-0.25, -0.2) is 0 Å². The lowest BCUT2D eigenvalue weighted by Crippen LogP contribution is -2.42. The zero-order valence-electron chi connectivity index (χ0n) is 14.6. The average molecular weight is 296 g/mol. The van der Waals surface area contributed by atoms with Gasteiger partial charge in [0.05, 0.1) is 0 Å². The molecule has 0 spiro atoms.